The van der Waals surface area contributed by atoms with E-state index in [2.05, 4.69) is 10.3 Å². The third-order valence-electron chi connectivity index (χ3n) is 2.64. The van der Waals surface area contributed by atoms with Crippen molar-refractivity contribution in [3.05, 3.63) is 50.1 Å². The van der Waals surface area contributed by atoms with Crippen LogP contribution in [0.3, 0.4) is 0 Å². The Morgan fingerprint density at radius 3 is 2.73 bits per heavy atom. The van der Waals surface area contributed by atoms with Gasteiger partial charge in [0.2, 0.25) is 0 Å². The number of hydrogen-bond acceptors (Lipinski definition) is 4. The fourth-order valence-corrected chi connectivity index (χ4v) is 2.41. The van der Waals surface area contributed by atoms with E-state index in [1.807, 2.05) is 4.98 Å². The van der Waals surface area contributed by atoms with Gasteiger partial charge in [0.1, 0.15) is 16.4 Å². The number of amides is 1. The van der Waals surface area contributed by atoms with Crippen LogP contribution in [0.2, 0.25) is 0 Å². The number of nitrogens with zero attached hydrogens (tertiary/aromatic N) is 1. The van der Waals surface area contributed by atoms with E-state index >= 15 is 0 Å². The summed E-state index contributed by atoms with van der Waals surface area (Å²) in [5.74, 6) is -1.72. The number of H-pyrrole nitrogens is 1. The van der Waals surface area contributed by atoms with Gasteiger partial charge in [0.15, 0.2) is 5.69 Å². The molecule has 2 rings (SSSR count). The van der Waals surface area contributed by atoms with Crippen LogP contribution >= 0.6 is 11.3 Å². The standard InChI is InChI=1S/C12H9F4N3O2S/c1-5(11-19-8(4-22-11)12(14,15)16)18-10(21)7-2-6(13)3-17-9(7)20/h2-5H,1H3,(H,17,20)(H,18,21). The number of rotatable bonds is 3. The van der Waals surface area contributed by atoms with Gasteiger partial charge < -0.3 is 10.3 Å². The predicted molar refractivity (Wildman–Crippen MR) is 70.0 cm³/mol. The summed E-state index contributed by atoms with van der Waals surface area (Å²) in [7, 11) is 0. The zero-order valence-electron chi connectivity index (χ0n) is 11.0. The molecule has 1 unspecified atom stereocenters. The summed E-state index contributed by atoms with van der Waals surface area (Å²) < 4.78 is 50.4. The smallest absolute Gasteiger partial charge is 0.343 e. The average molecular weight is 335 g/mol. The van der Waals surface area contributed by atoms with Gasteiger partial charge in [0.05, 0.1) is 6.04 Å². The van der Waals surface area contributed by atoms with E-state index < -0.39 is 40.8 Å². The van der Waals surface area contributed by atoms with E-state index in [-0.39, 0.29) is 5.01 Å². The molecule has 2 aromatic heterocycles. The van der Waals surface area contributed by atoms with E-state index in [1.54, 1.807) is 0 Å². The van der Waals surface area contributed by atoms with Crippen molar-refractivity contribution in [1.29, 1.82) is 0 Å². The van der Waals surface area contributed by atoms with E-state index in [9.17, 15) is 27.2 Å². The van der Waals surface area contributed by atoms with E-state index in [1.165, 1.54) is 6.92 Å². The van der Waals surface area contributed by atoms with Gasteiger partial charge in [-0.3, -0.25) is 9.59 Å². The first-order valence-corrected chi connectivity index (χ1v) is 6.78. The molecule has 0 radical (unpaired) electrons. The molecule has 0 saturated carbocycles. The van der Waals surface area contributed by atoms with Crippen LogP contribution in [0.5, 0.6) is 0 Å². The Kier molecular flexibility index (Phi) is 4.31. The predicted octanol–water partition coefficient (Wildman–Crippen LogP) is 2.48. The number of halogens is 4. The minimum absolute atomic E-state index is 0.0218. The van der Waals surface area contributed by atoms with E-state index in [4.69, 9.17) is 0 Å². The van der Waals surface area contributed by atoms with Gasteiger partial charge >= 0.3 is 6.18 Å². The summed E-state index contributed by atoms with van der Waals surface area (Å²) in [4.78, 5) is 28.7. The number of hydrogen-bond donors (Lipinski definition) is 2. The molecular weight excluding hydrogens is 326 g/mol. The zero-order valence-corrected chi connectivity index (χ0v) is 11.8. The molecule has 0 aliphatic heterocycles. The highest BCUT2D eigenvalue weighted by molar-refractivity contribution is 7.09. The maximum absolute atomic E-state index is 13.0. The summed E-state index contributed by atoms with van der Waals surface area (Å²) >= 11 is 0.723. The van der Waals surface area contributed by atoms with Crippen molar-refractivity contribution >= 4 is 17.2 Å². The zero-order chi connectivity index (χ0) is 16.5. The average Bonchev–Trinajstić information content (AvgIpc) is 2.91. The molecule has 0 spiro atoms. The van der Waals surface area contributed by atoms with Crippen LogP contribution < -0.4 is 10.9 Å². The van der Waals surface area contributed by atoms with Crippen molar-refractivity contribution in [3.63, 3.8) is 0 Å². The molecule has 0 bridgehead atoms. The minimum atomic E-state index is -4.57. The molecule has 1 amide bonds. The number of nitrogens with one attached hydrogen (secondary N) is 2. The van der Waals surface area contributed by atoms with Gasteiger partial charge in [0.25, 0.3) is 11.5 Å². The number of aromatic amines is 1. The second-order valence-electron chi connectivity index (χ2n) is 4.32. The number of alkyl halides is 3. The molecule has 2 N–H and O–H groups in total. The molecule has 2 aromatic rings. The van der Waals surface area contributed by atoms with Crippen LogP contribution in [-0.2, 0) is 6.18 Å². The van der Waals surface area contributed by atoms with E-state index in [0.29, 0.717) is 0 Å². The molecule has 2 heterocycles. The van der Waals surface area contributed by atoms with Crippen LogP contribution in [0.1, 0.15) is 34.0 Å². The molecular formula is C12H9F4N3O2S. The first-order valence-electron chi connectivity index (χ1n) is 5.90. The minimum Gasteiger partial charge on any atom is -0.343 e. The van der Waals surface area contributed by atoms with Gasteiger partial charge in [-0.25, -0.2) is 9.37 Å². The Hall–Kier alpha value is -2.23. The van der Waals surface area contributed by atoms with Crippen LogP contribution in [0.25, 0.3) is 0 Å². The molecule has 0 aliphatic rings. The Labute approximate surface area is 125 Å². The second kappa shape index (κ2) is 5.87. The number of pyridine rings is 1. The summed E-state index contributed by atoms with van der Waals surface area (Å²) in [5.41, 5.74) is -2.34. The Morgan fingerprint density at radius 2 is 2.14 bits per heavy atom. The molecule has 10 heteroatoms. The first kappa shape index (κ1) is 16.1. The maximum Gasteiger partial charge on any atom is 0.434 e. The van der Waals surface area contributed by atoms with Crippen LogP contribution in [0, 0.1) is 5.82 Å². The number of aromatic nitrogens is 2. The SMILES string of the molecule is CC(NC(=O)c1cc(F)c[nH]c1=O)c1nc(C(F)(F)F)cs1. The Morgan fingerprint density at radius 1 is 1.45 bits per heavy atom. The van der Waals surface area contributed by atoms with Gasteiger partial charge in [0, 0.05) is 11.6 Å². The highest BCUT2D eigenvalue weighted by Crippen LogP contribution is 2.31. The van der Waals surface area contributed by atoms with Crippen LogP contribution in [0.4, 0.5) is 17.6 Å². The number of carbonyl (C=O) groups excluding carboxylic acids is 1. The third-order valence-corrected chi connectivity index (χ3v) is 3.67. The maximum atomic E-state index is 13.0. The topological polar surface area (TPSA) is 74.8 Å². The fraction of sp³-hybridized carbons (Fsp3) is 0.250. The highest BCUT2D eigenvalue weighted by Gasteiger charge is 2.34. The molecule has 5 nitrogen and oxygen atoms in total. The number of carbonyl (C=O) groups is 1. The molecule has 1 atom stereocenters. The summed E-state index contributed by atoms with van der Waals surface area (Å²) in [6.07, 6.45) is -3.78. The Bertz CT molecular complexity index is 753. The van der Waals surface area contributed by atoms with Crippen LogP contribution in [-0.4, -0.2) is 15.9 Å². The van der Waals surface area contributed by atoms with Gasteiger partial charge in [-0.1, -0.05) is 0 Å². The second-order valence-corrected chi connectivity index (χ2v) is 5.21. The lowest BCUT2D eigenvalue weighted by Gasteiger charge is -2.11. The molecule has 0 aromatic carbocycles. The molecule has 118 valence electrons. The molecule has 22 heavy (non-hydrogen) atoms. The van der Waals surface area contributed by atoms with Crippen molar-refractivity contribution in [3.8, 4) is 0 Å². The quantitative estimate of drug-likeness (QED) is 0.846. The largest absolute Gasteiger partial charge is 0.434 e. The van der Waals surface area contributed by atoms with Crippen molar-refractivity contribution in [2.45, 2.75) is 19.1 Å². The lowest BCUT2D eigenvalue weighted by atomic mass is 10.2. The van der Waals surface area contributed by atoms with Gasteiger partial charge in [-0.2, -0.15) is 13.2 Å². The monoisotopic (exact) mass is 335 g/mol. The van der Waals surface area contributed by atoms with Crippen LogP contribution in [0.15, 0.2) is 22.4 Å². The summed E-state index contributed by atoms with van der Waals surface area (Å²) in [5, 5.41) is 3.15. The molecule has 0 saturated heterocycles. The Balaban J connectivity index is 2.16. The van der Waals surface area contributed by atoms with Crippen molar-refractivity contribution < 1.29 is 22.4 Å². The highest BCUT2D eigenvalue weighted by atomic mass is 32.1. The first-order chi connectivity index (χ1) is 10.2. The van der Waals surface area contributed by atoms with Crippen molar-refractivity contribution in [2.24, 2.45) is 0 Å². The van der Waals surface area contributed by atoms with Crippen molar-refractivity contribution in [1.82, 2.24) is 15.3 Å². The summed E-state index contributed by atoms with van der Waals surface area (Å²) in [6, 6.07) is -0.125. The lowest BCUT2D eigenvalue weighted by Crippen LogP contribution is -2.31. The van der Waals surface area contributed by atoms with Gasteiger partial charge in [-0.05, 0) is 13.0 Å². The number of thiazole rings is 1. The molecule has 0 aliphatic carbocycles. The summed E-state index contributed by atoms with van der Waals surface area (Å²) in [6.45, 7) is 1.41. The lowest BCUT2D eigenvalue weighted by molar-refractivity contribution is -0.140. The fourth-order valence-electron chi connectivity index (χ4n) is 1.58. The van der Waals surface area contributed by atoms with Gasteiger partial charge in [-0.15, -0.1) is 11.3 Å². The normalized spacial score (nSPS) is 13.0. The van der Waals surface area contributed by atoms with Crippen molar-refractivity contribution in [2.75, 3.05) is 0 Å². The molecule has 0 fully saturated rings. The third kappa shape index (κ3) is 3.50. The van der Waals surface area contributed by atoms with E-state index in [0.717, 1.165) is 29.0 Å².